The van der Waals surface area contributed by atoms with Gasteiger partial charge in [0.2, 0.25) is 5.91 Å². The minimum atomic E-state index is 0.0594. The number of hydrogen-bond donors (Lipinski definition) is 2. The van der Waals surface area contributed by atoms with Crippen molar-refractivity contribution in [3.8, 4) is 0 Å². The van der Waals surface area contributed by atoms with E-state index in [4.69, 9.17) is 4.74 Å². The van der Waals surface area contributed by atoms with E-state index in [2.05, 4.69) is 34.9 Å². The Balaban J connectivity index is 1.76. The van der Waals surface area contributed by atoms with Gasteiger partial charge in [-0.2, -0.15) is 0 Å². The fourth-order valence-electron chi connectivity index (χ4n) is 2.74. The van der Waals surface area contributed by atoms with E-state index in [-0.39, 0.29) is 5.91 Å². The normalized spacial score (nSPS) is 17.6. The number of ether oxygens (including phenoxy) is 1. The Kier molecular flexibility index (Phi) is 6.02. The number of hydrogen-bond acceptors (Lipinski definition) is 3. The maximum atomic E-state index is 11.7. The summed E-state index contributed by atoms with van der Waals surface area (Å²) in [5.41, 5.74) is 2.85. The molecule has 0 saturated carbocycles. The van der Waals surface area contributed by atoms with E-state index in [1.807, 2.05) is 0 Å². The lowest BCUT2D eigenvalue weighted by Crippen LogP contribution is -2.37. The molecule has 1 unspecified atom stereocenters. The SMILES string of the molecule is COCCNCC(=O)NCC1CCCc2ccccc21. The number of fused-ring (bicyclic) bond motifs is 1. The van der Waals surface area contributed by atoms with E-state index in [1.54, 1.807) is 7.11 Å². The third-order valence-electron chi connectivity index (χ3n) is 3.81. The molecule has 0 spiro atoms. The van der Waals surface area contributed by atoms with Crippen molar-refractivity contribution in [3.05, 3.63) is 35.4 Å². The second-order valence-corrected chi connectivity index (χ2v) is 5.26. The fraction of sp³-hybridized carbons (Fsp3) is 0.562. The molecule has 0 saturated heterocycles. The first-order valence-electron chi connectivity index (χ1n) is 7.35. The number of carbonyl (C=O) groups excluding carboxylic acids is 1. The van der Waals surface area contributed by atoms with Crippen LogP contribution in [-0.4, -0.2) is 39.3 Å². The summed E-state index contributed by atoms with van der Waals surface area (Å²) in [6, 6.07) is 8.59. The summed E-state index contributed by atoms with van der Waals surface area (Å²) in [4.78, 5) is 11.7. The Morgan fingerprint density at radius 2 is 2.25 bits per heavy atom. The maximum Gasteiger partial charge on any atom is 0.233 e. The van der Waals surface area contributed by atoms with Crippen LogP contribution in [-0.2, 0) is 16.0 Å². The zero-order valence-corrected chi connectivity index (χ0v) is 12.2. The Bertz CT molecular complexity index is 434. The van der Waals surface area contributed by atoms with Crippen molar-refractivity contribution in [2.24, 2.45) is 0 Å². The van der Waals surface area contributed by atoms with Crippen LogP contribution in [0.4, 0.5) is 0 Å². The van der Waals surface area contributed by atoms with Crippen LogP contribution in [0.15, 0.2) is 24.3 Å². The summed E-state index contributed by atoms with van der Waals surface area (Å²) in [5, 5.41) is 6.08. The van der Waals surface area contributed by atoms with Crippen LogP contribution in [0.3, 0.4) is 0 Å². The van der Waals surface area contributed by atoms with Crippen molar-refractivity contribution < 1.29 is 9.53 Å². The highest BCUT2D eigenvalue weighted by atomic mass is 16.5. The molecule has 0 aliphatic heterocycles. The summed E-state index contributed by atoms with van der Waals surface area (Å²) < 4.78 is 4.92. The van der Waals surface area contributed by atoms with Gasteiger partial charge in [0.1, 0.15) is 0 Å². The number of aryl methyl sites for hydroxylation is 1. The summed E-state index contributed by atoms with van der Waals surface area (Å²) in [6.07, 6.45) is 3.54. The van der Waals surface area contributed by atoms with E-state index in [1.165, 1.54) is 24.0 Å². The van der Waals surface area contributed by atoms with E-state index in [0.29, 0.717) is 25.6 Å². The van der Waals surface area contributed by atoms with Gasteiger partial charge in [-0.25, -0.2) is 0 Å². The average molecular weight is 276 g/mol. The molecule has 1 amide bonds. The van der Waals surface area contributed by atoms with Gasteiger partial charge in [-0.1, -0.05) is 24.3 Å². The molecule has 0 heterocycles. The highest BCUT2D eigenvalue weighted by Gasteiger charge is 2.19. The van der Waals surface area contributed by atoms with Crippen molar-refractivity contribution in [1.29, 1.82) is 0 Å². The van der Waals surface area contributed by atoms with Gasteiger partial charge in [-0.3, -0.25) is 4.79 Å². The smallest absolute Gasteiger partial charge is 0.233 e. The third-order valence-corrected chi connectivity index (χ3v) is 3.81. The van der Waals surface area contributed by atoms with Gasteiger partial charge in [-0.15, -0.1) is 0 Å². The number of benzene rings is 1. The molecule has 20 heavy (non-hydrogen) atoms. The second-order valence-electron chi connectivity index (χ2n) is 5.26. The molecule has 4 heteroatoms. The molecule has 2 rings (SSSR count). The molecule has 1 atom stereocenters. The lowest BCUT2D eigenvalue weighted by Gasteiger charge is -2.25. The Labute approximate surface area is 120 Å². The zero-order chi connectivity index (χ0) is 14.2. The average Bonchev–Trinajstić information content (AvgIpc) is 2.49. The molecule has 0 radical (unpaired) electrons. The van der Waals surface area contributed by atoms with Crippen molar-refractivity contribution in [2.75, 3.05) is 33.4 Å². The predicted molar refractivity (Wildman–Crippen MR) is 79.9 cm³/mol. The van der Waals surface area contributed by atoms with Gasteiger partial charge >= 0.3 is 0 Å². The molecular formula is C16H24N2O2. The summed E-state index contributed by atoms with van der Waals surface area (Å²) in [7, 11) is 1.66. The molecule has 1 aliphatic carbocycles. The molecule has 0 aromatic heterocycles. The van der Waals surface area contributed by atoms with Gasteiger partial charge < -0.3 is 15.4 Å². The molecular weight excluding hydrogens is 252 g/mol. The van der Waals surface area contributed by atoms with Gasteiger partial charge in [0.25, 0.3) is 0 Å². The van der Waals surface area contributed by atoms with Crippen LogP contribution in [0, 0.1) is 0 Å². The summed E-state index contributed by atoms with van der Waals surface area (Å²) in [5.74, 6) is 0.520. The fourth-order valence-corrected chi connectivity index (χ4v) is 2.74. The largest absolute Gasteiger partial charge is 0.383 e. The van der Waals surface area contributed by atoms with Crippen LogP contribution >= 0.6 is 0 Å². The first kappa shape index (κ1) is 15.0. The number of rotatable bonds is 7. The van der Waals surface area contributed by atoms with Crippen molar-refractivity contribution >= 4 is 5.91 Å². The molecule has 4 nitrogen and oxygen atoms in total. The number of carbonyl (C=O) groups is 1. The first-order valence-corrected chi connectivity index (χ1v) is 7.35. The lowest BCUT2D eigenvalue weighted by atomic mass is 9.83. The number of nitrogens with one attached hydrogen (secondary N) is 2. The van der Waals surface area contributed by atoms with E-state index < -0.39 is 0 Å². The molecule has 1 aromatic carbocycles. The van der Waals surface area contributed by atoms with Crippen LogP contribution < -0.4 is 10.6 Å². The van der Waals surface area contributed by atoms with Crippen molar-refractivity contribution in [3.63, 3.8) is 0 Å². The predicted octanol–water partition coefficient (Wildman–Crippen LogP) is 1.46. The monoisotopic (exact) mass is 276 g/mol. The summed E-state index contributed by atoms with van der Waals surface area (Å²) >= 11 is 0. The quantitative estimate of drug-likeness (QED) is 0.741. The Hall–Kier alpha value is -1.39. The van der Waals surface area contributed by atoms with Gasteiger partial charge in [0.05, 0.1) is 13.2 Å². The van der Waals surface area contributed by atoms with Crippen LogP contribution in [0.2, 0.25) is 0 Å². The van der Waals surface area contributed by atoms with Gasteiger partial charge in [0.15, 0.2) is 0 Å². The van der Waals surface area contributed by atoms with Gasteiger partial charge in [-0.05, 0) is 30.4 Å². The van der Waals surface area contributed by atoms with E-state index >= 15 is 0 Å². The minimum Gasteiger partial charge on any atom is -0.383 e. The molecule has 1 aliphatic rings. The van der Waals surface area contributed by atoms with E-state index in [0.717, 1.165) is 13.0 Å². The molecule has 2 N–H and O–H groups in total. The van der Waals surface area contributed by atoms with Crippen molar-refractivity contribution in [2.45, 2.75) is 25.2 Å². The minimum absolute atomic E-state index is 0.0594. The van der Waals surface area contributed by atoms with Crippen LogP contribution in [0.5, 0.6) is 0 Å². The van der Waals surface area contributed by atoms with Gasteiger partial charge in [0, 0.05) is 26.1 Å². The standard InChI is InChI=1S/C16H24N2O2/c1-20-10-9-17-12-16(19)18-11-14-7-4-6-13-5-2-3-8-15(13)14/h2-3,5,8,14,17H,4,6-7,9-12H2,1H3,(H,18,19). The number of methoxy groups -OCH3 is 1. The molecule has 110 valence electrons. The van der Waals surface area contributed by atoms with E-state index in [9.17, 15) is 4.79 Å². The molecule has 0 bridgehead atoms. The van der Waals surface area contributed by atoms with Crippen molar-refractivity contribution in [1.82, 2.24) is 10.6 Å². The lowest BCUT2D eigenvalue weighted by molar-refractivity contribution is -0.120. The molecule has 1 aromatic rings. The second kappa shape index (κ2) is 8.02. The Morgan fingerprint density at radius 1 is 1.40 bits per heavy atom. The Morgan fingerprint density at radius 3 is 3.10 bits per heavy atom. The van der Waals surface area contributed by atoms with Crippen LogP contribution in [0.1, 0.15) is 29.9 Å². The molecule has 0 fully saturated rings. The summed E-state index contributed by atoms with van der Waals surface area (Å²) in [6.45, 7) is 2.43. The number of amides is 1. The topological polar surface area (TPSA) is 50.4 Å². The highest BCUT2D eigenvalue weighted by Crippen LogP contribution is 2.30. The van der Waals surface area contributed by atoms with Crippen LogP contribution in [0.25, 0.3) is 0 Å². The zero-order valence-electron chi connectivity index (χ0n) is 12.2. The maximum absolute atomic E-state index is 11.7. The third kappa shape index (κ3) is 4.32. The first-order chi connectivity index (χ1) is 9.81. The highest BCUT2D eigenvalue weighted by molar-refractivity contribution is 5.78.